The predicted octanol–water partition coefficient (Wildman–Crippen LogP) is 3.05. The first-order valence-corrected chi connectivity index (χ1v) is 7.56. The van der Waals surface area contributed by atoms with Gasteiger partial charge in [-0.15, -0.1) is 0 Å². The van der Waals surface area contributed by atoms with Crippen molar-refractivity contribution in [2.45, 2.75) is 13.0 Å². The van der Waals surface area contributed by atoms with Crippen LogP contribution < -0.4 is 10.6 Å². The van der Waals surface area contributed by atoms with Crippen molar-refractivity contribution in [2.75, 3.05) is 11.9 Å². The normalized spacial score (nSPS) is 13.6. The van der Waals surface area contributed by atoms with Crippen LogP contribution in [0.5, 0.6) is 5.75 Å². The summed E-state index contributed by atoms with van der Waals surface area (Å²) < 4.78 is 0.571. The fraction of sp³-hybridized carbons (Fsp3) is 0.188. The van der Waals surface area contributed by atoms with Crippen LogP contribution in [0.25, 0.3) is 0 Å². The molecule has 0 atom stereocenters. The van der Waals surface area contributed by atoms with Crippen LogP contribution in [0.3, 0.4) is 0 Å². The summed E-state index contributed by atoms with van der Waals surface area (Å²) in [6.45, 7) is 1.75. The molecule has 1 aliphatic rings. The van der Waals surface area contributed by atoms with Crippen molar-refractivity contribution in [3.05, 3.63) is 57.6 Å². The molecule has 0 unspecified atom stereocenters. The van der Waals surface area contributed by atoms with Gasteiger partial charge in [0.25, 0.3) is 5.91 Å². The Morgan fingerprint density at radius 1 is 1.29 bits per heavy atom. The van der Waals surface area contributed by atoms with E-state index in [9.17, 15) is 9.90 Å². The molecule has 0 saturated carbocycles. The van der Waals surface area contributed by atoms with E-state index in [2.05, 4.69) is 32.6 Å². The Kier molecular flexibility index (Phi) is 3.94. The van der Waals surface area contributed by atoms with Crippen LogP contribution in [0.15, 0.2) is 40.9 Å². The smallest absolute Gasteiger partial charge is 0.255 e. The van der Waals surface area contributed by atoms with Crippen LogP contribution in [0.1, 0.15) is 21.5 Å². The largest absolute Gasteiger partial charge is 0.507 e. The third kappa shape index (κ3) is 2.94. The zero-order chi connectivity index (χ0) is 14.8. The molecule has 1 amide bonds. The Hall–Kier alpha value is -1.85. The minimum absolute atomic E-state index is 0.0574. The zero-order valence-corrected chi connectivity index (χ0v) is 12.9. The summed E-state index contributed by atoms with van der Waals surface area (Å²) in [6.07, 6.45) is 0.900. The number of phenols is 1. The Bertz CT molecular complexity index is 701. The highest BCUT2D eigenvalue weighted by atomic mass is 79.9. The quantitative estimate of drug-likeness (QED) is 0.783. The molecule has 0 saturated heterocycles. The maximum absolute atomic E-state index is 12.3. The van der Waals surface area contributed by atoms with Crippen molar-refractivity contribution in [3.8, 4) is 5.75 Å². The number of hydrogen-bond donors (Lipinski definition) is 3. The molecule has 0 aromatic heterocycles. The number of aromatic hydroxyl groups is 1. The van der Waals surface area contributed by atoms with Crippen molar-refractivity contribution in [3.63, 3.8) is 0 Å². The lowest BCUT2D eigenvalue weighted by Gasteiger charge is -2.20. The van der Waals surface area contributed by atoms with Gasteiger partial charge in [0.15, 0.2) is 0 Å². The molecular weight excluding hydrogens is 332 g/mol. The number of halogens is 1. The number of amides is 1. The molecule has 1 aliphatic heterocycles. The molecule has 5 heteroatoms. The minimum Gasteiger partial charge on any atom is -0.507 e. The van der Waals surface area contributed by atoms with Crippen molar-refractivity contribution in [2.24, 2.45) is 0 Å². The Labute approximate surface area is 131 Å². The lowest BCUT2D eigenvalue weighted by molar-refractivity contribution is 0.102. The molecule has 0 fully saturated rings. The van der Waals surface area contributed by atoms with Gasteiger partial charge in [0.1, 0.15) is 5.75 Å². The van der Waals surface area contributed by atoms with E-state index >= 15 is 0 Å². The van der Waals surface area contributed by atoms with Gasteiger partial charge in [-0.05, 0) is 64.3 Å². The van der Waals surface area contributed by atoms with Gasteiger partial charge in [-0.1, -0.05) is 12.1 Å². The average Bonchev–Trinajstić information content (AvgIpc) is 2.50. The molecule has 21 heavy (non-hydrogen) atoms. The maximum Gasteiger partial charge on any atom is 0.255 e. The molecule has 0 spiro atoms. The molecule has 108 valence electrons. The van der Waals surface area contributed by atoms with Gasteiger partial charge in [0.05, 0.1) is 4.47 Å². The summed E-state index contributed by atoms with van der Waals surface area (Å²) >= 11 is 3.21. The molecule has 2 aromatic carbocycles. The highest BCUT2D eigenvalue weighted by Gasteiger charge is 2.15. The molecule has 3 N–H and O–H groups in total. The van der Waals surface area contributed by atoms with Gasteiger partial charge in [0.2, 0.25) is 0 Å². The number of rotatable bonds is 2. The van der Waals surface area contributed by atoms with E-state index in [1.807, 2.05) is 12.1 Å². The molecule has 0 radical (unpaired) electrons. The van der Waals surface area contributed by atoms with E-state index in [1.165, 1.54) is 17.2 Å². The van der Waals surface area contributed by atoms with Crippen LogP contribution >= 0.6 is 15.9 Å². The molecule has 0 bridgehead atoms. The van der Waals surface area contributed by atoms with Gasteiger partial charge in [-0.3, -0.25) is 4.79 Å². The van der Waals surface area contributed by atoms with E-state index in [0.29, 0.717) is 10.0 Å². The maximum atomic E-state index is 12.3. The average molecular weight is 347 g/mol. The summed E-state index contributed by atoms with van der Waals surface area (Å²) in [5.41, 5.74) is 3.69. The van der Waals surface area contributed by atoms with E-state index in [-0.39, 0.29) is 11.7 Å². The molecule has 1 heterocycles. The number of fused-ring (bicyclic) bond motifs is 1. The van der Waals surface area contributed by atoms with Crippen molar-refractivity contribution >= 4 is 27.5 Å². The summed E-state index contributed by atoms with van der Waals surface area (Å²) in [7, 11) is 0. The second kappa shape index (κ2) is 5.87. The van der Waals surface area contributed by atoms with Gasteiger partial charge >= 0.3 is 0 Å². The van der Waals surface area contributed by atoms with Crippen LogP contribution in [0.2, 0.25) is 0 Å². The summed E-state index contributed by atoms with van der Waals surface area (Å²) in [5.74, 6) is -0.160. The first kappa shape index (κ1) is 14.1. The SMILES string of the molecule is O=C(Nc1cccc2c1CCNC2)c1ccc(Br)c(O)c1. The highest BCUT2D eigenvalue weighted by molar-refractivity contribution is 9.10. The number of hydrogen-bond acceptors (Lipinski definition) is 3. The summed E-state index contributed by atoms with van der Waals surface area (Å²) in [4.78, 5) is 12.3. The van der Waals surface area contributed by atoms with E-state index < -0.39 is 0 Å². The molecule has 3 rings (SSSR count). The van der Waals surface area contributed by atoms with Gasteiger partial charge in [0, 0.05) is 17.8 Å². The zero-order valence-electron chi connectivity index (χ0n) is 11.3. The third-order valence-electron chi connectivity index (χ3n) is 3.60. The topological polar surface area (TPSA) is 61.4 Å². The number of carbonyl (C=O) groups excluding carboxylic acids is 1. The van der Waals surface area contributed by atoms with E-state index in [0.717, 1.165) is 25.2 Å². The van der Waals surface area contributed by atoms with Gasteiger partial charge in [-0.25, -0.2) is 0 Å². The molecule has 4 nitrogen and oxygen atoms in total. The Balaban J connectivity index is 1.86. The second-order valence-electron chi connectivity index (χ2n) is 4.99. The van der Waals surface area contributed by atoms with Gasteiger partial charge < -0.3 is 15.7 Å². The second-order valence-corrected chi connectivity index (χ2v) is 5.84. The minimum atomic E-state index is -0.218. The lowest BCUT2D eigenvalue weighted by Crippen LogP contribution is -2.25. The van der Waals surface area contributed by atoms with Crippen molar-refractivity contribution in [1.82, 2.24) is 5.32 Å². The summed E-state index contributed by atoms with van der Waals surface area (Å²) in [5, 5.41) is 15.9. The number of phenolic OH excluding ortho intramolecular Hbond substituents is 1. The fourth-order valence-corrected chi connectivity index (χ4v) is 2.74. The first-order chi connectivity index (χ1) is 10.1. The molecule has 2 aromatic rings. The predicted molar refractivity (Wildman–Crippen MR) is 85.6 cm³/mol. The Morgan fingerprint density at radius 3 is 2.95 bits per heavy atom. The summed E-state index contributed by atoms with van der Waals surface area (Å²) in [6, 6.07) is 10.7. The van der Waals surface area contributed by atoms with E-state index in [4.69, 9.17) is 0 Å². The third-order valence-corrected chi connectivity index (χ3v) is 4.27. The fourth-order valence-electron chi connectivity index (χ4n) is 2.50. The van der Waals surface area contributed by atoms with E-state index in [1.54, 1.807) is 12.1 Å². The standard InChI is InChI=1S/C16H15BrN2O2/c17-13-5-4-10(8-15(13)20)16(21)19-14-3-1-2-11-9-18-7-6-12(11)14/h1-5,8,18,20H,6-7,9H2,(H,19,21). The highest BCUT2D eigenvalue weighted by Crippen LogP contribution is 2.26. The monoisotopic (exact) mass is 346 g/mol. The van der Waals surface area contributed by atoms with Crippen molar-refractivity contribution < 1.29 is 9.90 Å². The lowest BCUT2D eigenvalue weighted by atomic mass is 9.99. The van der Waals surface area contributed by atoms with Crippen LogP contribution in [-0.2, 0) is 13.0 Å². The number of nitrogens with one attached hydrogen (secondary N) is 2. The first-order valence-electron chi connectivity index (χ1n) is 6.76. The number of carbonyl (C=O) groups is 1. The van der Waals surface area contributed by atoms with Crippen molar-refractivity contribution in [1.29, 1.82) is 0 Å². The van der Waals surface area contributed by atoms with Crippen LogP contribution in [-0.4, -0.2) is 17.6 Å². The van der Waals surface area contributed by atoms with Crippen LogP contribution in [0, 0.1) is 0 Å². The Morgan fingerprint density at radius 2 is 2.14 bits per heavy atom. The van der Waals surface area contributed by atoms with Gasteiger partial charge in [-0.2, -0.15) is 0 Å². The molecule has 0 aliphatic carbocycles. The van der Waals surface area contributed by atoms with Crippen LogP contribution in [0.4, 0.5) is 5.69 Å². The number of benzene rings is 2. The number of anilines is 1. The molecular formula is C16H15BrN2O2.